The van der Waals surface area contributed by atoms with Gasteiger partial charge in [-0.25, -0.2) is 19.9 Å². The lowest BCUT2D eigenvalue weighted by Gasteiger charge is -2.01. The highest BCUT2D eigenvalue weighted by Crippen LogP contribution is 2.28. The van der Waals surface area contributed by atoms with Crippen molar-refractivity contribution >= 4 is 34.5 Å². The third kappa shape index (κ3) is 2.14. The number of H-pyrrole nitrogens is 1. The second kappa shape index (κ2) is 4.51. The van der Waals surface area contributed by atoms with Crippen LogP contribution in [0.15, 0.2) is 28.9 Å². The summed E-state index contributed by atoms with van der Waals surface area (Å²) in [7, 11) is 0. The van der Waals surface area contributed by atoms with Gasteiger partial charge in [0.2, 0.25) is 5.28 Å². The third-order valence-corrected chi connectivity index (χ3v) is 3.22. The molecule has 0 aliphatic heterocycles. The van der Waals surface area contributed by atoms with Crippen LogP contribution in [-0.4, -0.2) is 29.9 Å². The van der Waals surface area contributed by atoms with Gasteiger partial charge < -0.3 is 4.98 Å². The van der Waals surface area contributed by atoms with Crippen LogP contribution in [0, 0.1) is 6.92 Å². The number of imidazole rings is 1. The molecule has 90 valence electrons. The maximum Gasteiger partial charge on any atom is 0.225 e. The summed E-state index contributed by atoms with van der Waals surface area (Å²) in [6.45, 7) is 1.93. The molecule has 3 aromatic heterocycles. The van der Waals surface area contributed by atoms with E-state index in [4.69, 9.17) is 11.6 Å². The van der Waals surface area contributed by atoms with E-state index in [1.807, 2.05) is 6.92 Å². The van der Waals surface area contributed by atoms with Crippen LogP contribution in [0.25, 0.3) is 11.2 Å². The van der Waals surface area contributed by atoms with Crippen molar-refractivity contribution in [3.8, 4) is 0 Å². The van der Waals surface area contributed by atoms with Crippen molar-refractivity contribution in [1.29, 1.82) is 0 Å². The molecule has 0 fully saturated rings. The molecule has 0 saturated heterocycles. The fourth-order valence-electron chi connectivity index (χ4n) is 1.38. The number of aromatic amines is 1. The second-order valence-corrected chi connectivity index (χ2v) is 4.84. The molecule has 0 unspecified atom stereocenters. The number of rotatable bonds is 2. The highest BCUT2D eigenvalue weighted by Gasteiger charge is 2.11. The molecule has 1 N–H and O–H groups in total. The first-order valence-electron chi connectivity index (χ1n) is 5.05. The molecule has 18 heavy (non-hydrogen) atoms. The average molecular weight is 279 g/mol. The molecule has 0 aliphatic carbocycles. The van der Waals surface area contributed by atoms with Crippen LogP contribution in [0.5, 0.6) is 0 Å². The summed E-state index contributed by atoms with van der Waals surface area (Å²) in [4.78, 5) is 23.6. The Morgan fingerprint density at radius 2 is 1.94 bits per heavy atom. The standard InChI is InChI=1S/C10H7ClN6S/c1-5-2-12-10(13-3-5)18-8-6-7(15-4-14-6)16-9(11)17-8/h2-4H,1H3,(H,14,15,16,17). The number of nitrogens with one attached hydrogen (secondary N) is 1. The third-order valence-electron chi connectivity index (χ3n) is 2.17. The molecule has 3 heterocycles. The SMILES string of the molecule is Cc1cnc(Sc2nc(Cl)nc3nc[nH]c23)nc1. The number of hydrogen-bond acceptors (Lipinski definition) is 6. The van der Waals surface area contributed by atoms with Gasteiger partial charge in [0.1, 0.15) is 10.5 Å². The van der Waals surface area contributed by atoms with Crippen LogP contribution in [0.4, 0.5) is 0 Å². The lowest BCUT2D eigenvalue weighted by atomic mass is 10.4. The van der Waals surface area contributed by atoms with Crippen LogP contribution in [0.1, 0.15) is 5.56 Å². The van der Waals surface area contributed by atoms with Gasteiger partial charge in [0.15, 0.2) is 10.8 Å². The minimum Gasteiger partial charge on any atom is -0.341 e. The number of aromatic nitrogens is 6. The van der Waals surface area contributed by atoms with E-state index < -0.39 is 0 Å². The van der Waals surface area contributed by atoms with Crippen LogP contribution in [0.2, 0.25) is 5.28 Å². The van der Waals surface area contributed by atoms with Gasteiger partial charge in [-0.2, -0.15) is 4.98 Å². The number of nitrogens with zero attached hydrogens (tertiary/aromatic N) is 5. The molecule has 0 bridgehead atoms. The molecule has 0 saturated carbocycles. The van der Waals surface area contributed by atoms with Crippen molar-refractivity contribution < 1.29 is 0 Å². The minimum atomic E-state index is 0.157. The van der Waals surface area contributed by atoms with Crippen LogP contribution >= 0.6 is 23.4 Å². The number of aryl methyl sites for hydroxylation is 1. The van der Waals surface area contributed by atoms with Gasteiger partial charge in [0.25, 0.3) is 0 Å². The number of hydrogen-bond donors (Lipinski definition) is 1. The predicted molar refractivity (Wildman–Crippen MR) is 67.6 cm³/mol. The van der Waals surface area contributed by atoms with Crippen LogP contribution in [0.3, 0.4) is 0 Å². The van der Waals surface area contributed by atoms with Crippen molar-refractivity contribution in [2.75, 3.05) is 0 Å². The van der Waals surface area contributed by atoms with Gasteiger partial charge >= 0.3 is 0 Å². The normalized spacial score (nSPS) is 11.0. The molecule has 0 amide bonds. The highest BCUT2D eigenvalue weighted by atomic mass is 35.5. The van der Waals surface area contributed by atoms with Crippen molar-refractivity contribution in [3.05, 3.63) is 29.6 Å². The zero-order valence-electron chi connectivity index (χ0n) is 9.25. The Bertz CT molecular complexity index is 695. The lowest BCUT2D eigenvalue weighted by Crippen LogP contribution is -1.91. The summed E-state index contributed by atoms with van der Waals surface area (Å²) in [6, 6.07) is 0. The van der Waals surface area contributed by atoms with E-state index in [1.54, 1.807) is 18.7 Å². The van der Waals surface area contributed by atoms with Crippen molar-refractivity contribution in [1.82, 2.24) is 29.9 Å². The molecule has 0 aromatic carbocycles. The van der Waals surface area contributed by atoms with E-state index in [2.05, 4.69) is 29.9 Å². The minimum absolute atomic E-state index is 0.157. The van der Waals surface area contributed by atoms with Gasteiger partial charge in [-0.3, -0.25) is 0 Å². The van der Waals surface area contributed by atoms with Crippen molar-refractivity contribution in [2.45, 2.75) is 17.1 Å². The lowest BCUT2D eigenvalue weighted by molar-refractivity contribution is 0.944. The maximum absolute atomic E-state index is 5.84. The van der Waals surface area contributed by atoms with Gasteiger partial charge in [0.05, 0.1) is 6.33 Å². The monoisotopic (exact) mass is 278 g/mol. The topological polar surface area (TPSA) is 80.2 Å². The summed E-state index contributed by atoms with van der Waals surface area (Å²) >= 11 is 7.16. The first-order chi connectivity index (χ1) is 8.72. The fourth-order valence-corrected chi connectivity index (χ4v) is 2.36. The van der Waals surface area contributed by atoms with Crippen molar-refractivity contribution in [2.24, 2.45) is 0 Å². The zero-order chi connectivity index (χ0) is 12.5. The highest BCUT2D eigenvalue weighted by molar-refractivity contribution is 7.99. The van der Waals surface area contributed by atoms with E-state index in [-0.39, 0.29) is 5.28 Å². The second-order valence-electron chi connectivity index (χ2n) is 3.54. The Morgan fingerprint density at radius 1 is 1.17 bits per heavy atom. The van der Waals surface area contributed by atoms with Crippen LogP contribution < -0.4 is 0 Å². The quantitative estimate of drug-likeness (QED) is 0.572. The Labute approximate surface area is 111 Å². The van der Waals surface area contributed by atoms with Crippen LogP contribution in [-0.2, 0) is 0 Å². The van der Waals surface area contributed by atoms with E-state index in [0.29, 0.717) is 15.8 Å². The average Bonchev–Trinajstić information content (AvgIpc) is 2.80. The first kappa shape index (κ1) is 11.4. The first-order valence-corrected chi connectivity index (χ1v) is 6.25. The van der Waals surface area contributed by atoms with Gasteiger partial charge in [-0.1, -0.05) is 0 Å². The Morgan fingerprint density at radius 3 is 2.72 bits per heavy atom. The Balaban J connectivity index is 2.03. The van der Waals surface area contributed by atoms with Gasteiger partial charge in [0, 0.05) is 12.4 Å². The van der Waals surface area contributed by atoms with Gasteiger partial charge in [-0.05, 0) is 35.9 Å². The molecule has 0 aliphatic rings. The number of halogens is 1. The Kier molecular flexibility index (Phi) is 2.85. The number of fused-ring (bicyclic) bond motifs is 1. The Hall–Kier alpha value is -1.73. The molecule has 0 radical (unpaired) electrons. The van der Waals surface area contributed by atoms with E-state index >= 15 is 0 Å². The van der Waals surface area contributed by atoms with E-state index in [9.17, 15) is 0 Å². The summed E-state index contributed by atoms with van der Waals surface area (Å²) in [5, 5.41) is 1.42. The molecule has 6 nitrogen and oxygen atoms in total. The van der Waals surface area contributed by atoms with E-state index in [0.717, 1.165) is 11.1 Å². The maximum atomic E-state index is 5.84. The summed E-state index contributed by atoms with van der Waals surface area (Å²) < 4.78 is 0. The molecule has 3 rings (SSSR count). The molecule has 8 heteroatoms. The molecule has 3 aromatic rings. The summed E-state index contributed by atoms with van der Waals surface area (Å²) in [5.41, 5.74) is 2.27. The smallest absolute Gasteiger partial charge is 0.225 e. The fraction of sp³-hybridized carbons (Fsp3) is 0.100. The molecular weight excluding hydrogens is 272 g/mol. The predicted octanol–water partition coefficient (Wildman–Crippen LogP) is 2.26. The molecular formula is C10H7ClN6S. The van der Waals surface area contributed by atoms with E-state index in [1.165, 1.54) is 11.8 Å². The van der Waals surface area contributed by atoms with Crippen molar-refractivity contribution in [3.63, 3.8) is 0 Å². The molecule has 0 spiro atoms. The summed E-state index contributed by atoms with van der Waals surface area (Å²) in [6.07, 6.45) is 5.06. The molecule has 0 atom stereocenters. The largest absolute Gasteiger partial charge is 0.341 e. The zero-order valence-corrected chi connectivity index (χ0v) is 10.8. The van der Waals surface area contributed by atoms with Gasteiger partial charge in [-0.15, -0.1) is 0 Å². The summed E-state index contributed by atoms with van der Waals surface area (Å²) in [5.74, 6) is 0.